The molecule has 0 aliphatic rings. The summed E-state index contributed by atoms with van der Waals surface area (Å²) < 4.78 is 38.0. The van der Waals surface area contributed by atoms with Crippen molar-refractivity contribution in [3.8, 4) is 6.07 Å². The van der Waals surface area contributed by atoms with Gasteiger partial charge in [0.15, 0.2) is 0 Å². The molecule has 6 heteroatoms. The molecular weight excluding hydrogens is 273 g/mol. The van der Waals surface area contributed by atoms with E-state index in [1.54, 1.807) is 17.8 Å². The lowest BCUT2D eigenvalue weighted by Crippen LogP contribution is -2.30. The molecule has 0 bridgehead atoms. The maximum atomic E-state index is 12.7. The Hall–Kier alpha value is -1.35. The molecule has 104 valence electrons. The SMILES string of the molecule is CSCC(C)N(C)c1ccc(C(F)(F)F)c(C#N)c1. The standard InChI is InChI=1S/C13H15F3N2S/c1-9(8-19-3)18(2)11-4-5-12(13(14,15)16)10(6-11)7-17/h4-6,9H,8H2,1-3H3. The second-order valence-electron chi connectivity index (χ2n) is 4.25. The fourth-order valence-electron chi connectivity index (χ4n) is 1.70. The van der Waals surface area contributed by atoms with Crippen LogP contribution in [0.15, 0.2) is 18.2 Å². The van der Waals surface area contributed by atoms with Crippen LogP contribution in [0.4, 0.5) is 18.9 Å². The Morgan fingerprint density at radius 1 is 1.42 bits per heavy atom. The summed E-state index contributed by atoms with van der Waals surface area (Å²) in [5, 5.41) is 8.86. The van der Waals surface area contributed by atoms with Crippen LogP contribution in [0.25, 0.3) is 0 Å². The fraction of sp³-hybridized carbons (Fsp3) is 0.462. The highest BCUT2D eigenvalue weighted by Crippen LogP contribution is 2.33. The summed E-state index contributed by atoms with van der Waals surface area (Å²) in [5.74, 6) is 0.861. The average Bonchev–Trinajstić information content (AvgIpc) is 2.36. The Bertz CT molecular complexity index is 480. The summed E-state index contributed by atoms with van der Waals surface area (Å²) in [6.45, 7) is 1.99. The molecule has 1 unspecified atom stereocenters. The van der Waals surface area contributed by atoms with E-state index in [0.717, 1.165) is 11.8 Å². The zero-order valence-electron chi connectivity index (χ0n) is 11.0. The van der Waals surface area contributed by atoms with Crippen LogP contribution >= 0.6 is 11.8 Å². The highest BCUT2D eigenvalue weighted by atomic mass is 32.2. The van der Waals surface area contributed by atoms with Gasteiger partial charge in [-0.15, -0.1) is 0 Å². The van der Waals surface area contributed by atoms with E-state index in [9.17, 15) is 13.2 Å². The normalized spacial score (nSPS) is 12.9. The maximum Gasteiger partial charge on any atom is 0.417 e. The fourth-order valence-corrected chi connectivity index (χ4v) is 2.40. The Balaban J connectivity index is 3.11. The van der Waals surface area contributed by atoms with Gasteiger partial charge in [0.2, 0.25) is 0 Å². The van der Waals surface area contributed by atoms with Gasteiger partial charge >= 0.3 is 6.18 Å². The smallest absolute Gasteiger partial charge is 0.371 e. The molecule has 0 aliphatic heterocycles. The average molecular weight is 288 g/mol. The summed E-state index contributed by atoms with van der Waals surface area (Å²) in [6, 6.07) is 5.46. The molecule has 19 heavy (non-hydrogen) atoms. The molecule has 0 aliphatic carbocycles. The van der Waals surface area contributed by atoms with Crippen molar-refractivity contribution in [1.29, 1.82) is 5.26 Å². The van der Waals surface area contributed by atoms with Crippen molar-refractivity contribution in [2.75, 3.05) is 24.0 Å². The monoisotopic (exact) mass is 288 g/mol. The molecule has 1 rings (SSSR count). The molecule has 0 aromatic heterocycles. The highest BCUT2D eigenvalue weighted by molar-refractivity contribution is 7.98. The van der Waals surface area contributed by atoms with Gasteiger partial charge in [0.05, 0.1) is 17.2 Å². The lowest BCUT2D eigenvalue weighted by molar-refractivity contribution is -0.137. The first-order chi connectivity index (χ1) is 8.81. The van der Waals surface area contributed by atoms with E-state index in [0.29, 0.717) is 5.69 Å². The van der Waals surface area contributed by atoms with Crippen molar-refractivity contribution in [1.82, 2.24) is 0 Å². The van der Waals surface area contributed by atoms with E-state index in [4.69, 9.17) is 5.26 Å². The third-order valence-corrected chi connectivity index (χ3v) is 3.72. The van der Waals surface area contributed by atoms with Gasteiger partial charge in [-0.1, -0.05) is 0 Å². The van der Waals surface area contributed by atoms with Crippen molar-refractivity contribution in [3.63, 3.8) is 0 Å². The number of hydrogen-bond acceptors (Lipinski definition) is 3. The summed E-state index contributed by atoms with van der Waals surface area (Å²) in [6.07, 6.45) is -2.52. The Kier molecular flexibility index (Phi) is 5.12. The predicted molar refractivity (Wildman–Crippen MR) is 72.4 cm³/mol. The van der Waals surface area contributed by atoms with Crippen molar-refractivity contribution < 1.29 is 13.2 Å². The molecule has 0 heterocycles. The number of thioether (sulfide) groups is 1. The molecule has 1 aromatic rings. The first kappa shape index (κ1) is 15.7. The molecule has 0 amide bonds. The molecule has 0 fully saturated rings. The predicted octanol–water partition coefficient (Wildman–Crippen LogP) is 3.76. The van der Waals surface area contributed by atoms with E-state index >= 15 is 0 Å². The number of halogens is 3. The lowest BCUT2D eigenvalue weighted by atomic mass is 10.1. The quantitative estimate of drug-likeness (QED) is 0.844. The van der Waals surface area contributed by atoms with E-state index in [1.807, 2.05) is 25.1 Å². The van der Waals surface area contributed by atoms with Crippen LogP contribution in [0.5, 0.6) is 0 Å². The Labute approximate surface area is 115 Å². The topological polar surface area (TPSA) is 27.0 Å². The van der Waals surface area contributed by atoms with Gasteiger partial charge in [0.25, 0.3) is 0 Å². The maximum absolute atomic E-state index is 12.7. The van der Waals surface area contributed by atoms with Gasteiger partial charge in [-0.25, -0.2) is 0 Å². The second kappa shape index (κ2) is 6.20. The van der Waals surface area contributed by atoms with E-state index < -0.39 is 11.7 Å². The summed E-state index contributed by atoms with van der Waals surface area (Å²) >= 11 is 1.66. The zero-order valence-corrected chi connectivity index (χ0v) is 11.8. The summed E-state index contributed by atoms with van der Waals surface area (Å²) in [4.78, 5) is 1.87. The molecule has 2 nitrogen and oxygen atoms in total. The lowest BCUT2D eigenvalue weighted by Gasteiger charge is -2.27. The first-order valence-corrected chi connectivity index (χ1v) is 7.03. The van der Waals surface area contributed by atoms with Crippen molar-refractivity contribution in [2.24, 2.45) is 0 Å². The van der Waals surface area contributed by atoms with Crippen LogP contribution < -0.4 is 4.90 Å². The van der Waals surface area contributed by atoms with Crippen LogP contribution in [0.2, 0.25) is 0 Å². The minimum Gasteiger partial charge on any atom is -0.371 e. The number of nitrogens with zero attached hydrogens (tertiary/aromatic N) is 2. The molecular formula is C13H15F3N2S. The number of rotatable bonds is 4. The van der Waals surface area contributed by atoms with Crippen LogP contribution in [-0.2, 0) is 6.18 Å². The van der Waals surface area contributed by atoms with Crippen LogP contribution in [0, 0.1) is 11.3 Å². The minimum atomic E-state index is -4.49. The van der Waals surface area contributed by atoms with Gasteiger partial charge in [-0.05, 0) is 31.4 Å². The van der Waals surface area contributed by atoms with Gasteiger partial charge in [0, 0.05) is 24.5 Å². The molecule has 1 aromatic carbocycles. The third-order valence-electron chi connectivity index (χ3n) is 2.91. The van der Waals surface area contributed by atoms with Crippen molar-refractivity contribution in [2.45, 2.75) is 19.1 Å². The van der Waals surface area contributed by atoms with E-state index in [2.05, 4.69) is 0 Å². The number of alkyl halides is 3. The number of nitriles is 1. The molecule has 0 saturated heterocycles. The van der Waals surface area contributed by atoms with Crippen LogP contribution in [0.1, 0.15) is 18.1 Å². The largest absolute Gasteiger partial charge is 0.417 e. The van der Waals surface area contributed by atoms with Crippen molar-refractivity contribution in [3.05, 3.63) is 29.3 Å². The van der Waals surface area contributed by atoms with E-state index in [-0.39, 0.29) is 11.6 Å². The molecule has 1 atom stereocenters. The second-order valence-corrected chi connectivity index (χ2v) is 5.17. The summed E-state index contributed by atoms with van der Waals surface area (Å²) in [7, 11) is 1.81. The Morgan fingerprint density at radius 2 is 2.05 bits per heavy atom. The number of anilines is 1. The van der Waals surface area contributed by atoms with E-state index in [1.165, 1.54) is 12.1 Å². The van der Waals surface area contributed by atoms with Gasteiger partial charge in [-0.3, -0.25) is 0 Å². The summed E-state index contributed by atoms with van der Waals surface area (Å²) in [5.41, 5.74) is -0.607. The van der Waals surface area contributed by atoms with Crippen LogP contribution in [-0.4, -0.2) is 25.1 Å². The minimum absolute atomic E-state index is 0.179. The Morgan fingerprint density at radius 3 is 2.53 bits per heavy atom. The van der Waals surface area contributed by atoms with Gasteiger partial charge in [-0.2, -0.15) is 30.2 Å². The highest BCUT2D eigenvalue weighted by Gasteiger charge is 2.33. The molecule has 0 N–H and O–H groups in total. The van der Waals surface area contributed by atoms with Crippen molar-refractivity contribution >= 4 is 17.4 Å². The number of hydrogen-bond donors (Lipinski definition) is 0. The van der Waals surface area contributed by atoms with Gasteiger partial charge in [0.1, 0.15) is 0 Å². The van der Waals surface area contributed by atoms with Gasteiger partial charge < -0.3 is 4.90 Å². The molecule has 0 radical (unpaired) electrons. The molecule has 0 saturated carbocycles. The first-order valence-electron chi connectivity index (χ1n) is 5.64. The third kappa shape index (κ3) is 3.80. The zero-order chi connectivity index (χ0) is 14.6. The molecule has 0 spiro atoms. The van der Waals surface area contributed by atoms with Crippen LogP contribution in [0.3, 0.4) is 0 Å². The number of benzene rings is 1.